The number of hydrazone groups is 1. The molecule has 0 fully saturated rings. The SMILES string of the molecule is N#CNc1nc(Cl)nc(Nc2cc(S(=O)(=O)O)cc(NN=C(N=Nc3cc(S(=O)(=O)O)ccc3S(=O)(=O)O)c3ccccc3)c2O)n1. The molecule has 0 amide bonds. The summed E-state index contributed by atoms with van der Waals surface area (Å²) in [5.74, 6) is -1.79. The summed E-state index contributed by atoms with van der Waals surface area (Å²) in [5, 5.41) is 35.4. The Balaban J connectivity index is 1.83. The number of amidine groups is 1. The zero-order chi connectivity index (χ0) is 34.6. The normalized spacial score (nSPS) is 12.4. The standard InChI is InChI=1S/C23H17ClN10O10S3/c24-21-28-22(26-11-25)30-23(29-21)27-16-9-14(46(39,40)41)10-17(19(16)35)32-34-20(12-4-2-1-3-5-12)33-31-15-8-13(45(36,37)38)6-7-18(15)47(42,43)44/h1-10,32,35H,(H,36,37,38)(H,39,40,41)(H,42,43,44)(H2,26,27,28,29,30). The van der Waals surface area contributed by atoms with E-state index in [0.717, 1.165) is 12.1 Å². The number of azo groups is 1. The molecule has 1 heterocycles. The van der Waals surface area contributed by atoms with E-state index in [0.29, 0.717) is 18.2 Å². The third-order valence-corrected chi connectivity index (χ3v) is 8.23. The van der Waals surface area contributed by atoms with Crippen LogP contribution in [-0.4, -0.2) is 64.8 Å². The van der Waals surface area contributed by atoms with Crippen LogP contribution in [0.15, 0.2) is 90.7 Å². The van der Waals surface area contributed by atoms with Gasteiger partial charge in [-0.2, -0.15) is 50.6 Å². The van der Waals surface area contributed by atoms with E-state index < -0.39 is 73.1 Å². The Morgan fingerprint density at radius 2 is 1.45 bits per heavy atom. The van der Waals surface area contributed by atoms with Crippen molar-refractivity contribution in [3.63, 3.8) is 0 Å². The van der Waals surface area contributed by atoms with E-state index in [-0.39, 0.29) is 23.3 Å². The summed E-state index contributed by atoms with van der Waals surface area (Å²) in [7, 11) is -14.7. The molecule has 0 spiro atoms. The lowest BCUT2D eigenvalue weighted by atomic mass is 10.2. The average Bonchev–Trinajstić information content (AvgIpc) is 2.97. The number of benzene rings is 3. The number of nitrogens with zero attached hydrogens (tertiary/aromatic N) is 7. The Kier molecular flexibility index (Phi) is 9.96. The quantitative estimate of drug-likeness (QED) is 0.0180. The molecular formula is C23H17ClN10O10S3. The van der Waals surface area contributed by atoms with Gasteiger partial charge in [-0.25, -0.2) is 0 Å². The van der Waals surface area contributed by atoms with Crippen molar-refractivity contribution in [3.8, 4) is 11.9 Å². The number of phenolic OH excluding ortho intramolecular Hbond substituents is 1. The van der Waals surface area contributed by atoms with Gasteiger partial charge >= 0.3 is 0 Å². The Morgan fingerprint density at radius 3 is 2.06 bits per heavy atom. The van der Waals surface area contributed by atoms with Crippen LogP contribution in [0.3, 0.4) is 0 Å². The minimum absolute atomic E-state index is 0.184. The van der Waals surface area contributed by atoms with Gasteiger partial charge in [-0.05, 0) is 41.9 Å². The highest BCUT2D eigenvalue weighted by Gasteiger charge is 2.21. The minimum Gasteiger partial charge on any atom is -0.504 e. The zero-order valence-electron chi connectivity index (χ0n) is 22.7. The molecule has 0 bridgehead atoms. The van der Waals surface area contributed by atoms with Crippen LogP contribution in [0, 0.1) is 11.5 Å². The number of aromatic hydroxyl groups is 1. The van der Waals surface area contributed by atoms with Gasteiger partial charge in [0.2, 0.25) is 23.0 Å². The van der Waals surface area contributed by atoms with E-state index in [4.69, 9.17) is 16.9 Å². The van der Waals surface area contributed by atoms with Crippen LogP contribution in [0.1, 0.15) is 5.56 Å². The highest BCUT2D eigenvalue weighted by atomic mass is 35.5. The lowest BCUT2D eigenvalue weighted by Crippen LogP contribution is -2.07. The fraction of sp³-hybridized carbons (Fsp3) is 0. The average molecular weight is 725 g/mol. The molecule has 0 saturated heterocycles. The lowest BCUT2D eigenvalue weighted by Gasteiger charge is -2.13. The molecule has 4 aromatic rings. The van der Waals surface area contributed by atoms with Crippen LogP contribution in [0.5, 0.6) is 5.75 Å². The highest BCUT2D eigenvalue weighted by Crippen LogP contribution is 2.37. The first-order valence-corrected chi connectivity index (χ1v) is 16.7. The van der Waals surface area contributed by atoms with E-state index in [1.807, 2.05) is 0 Å². The summed E-state index contributed by atoms with van der Waals surface area (Å²) in [4.78, 5) is 8.80. The molecule has 7 N–H and O–H groups in total. The van der Waals surface area contributed by atoms with Gasteiger partial charge in [-0.1, -0.05) is 30.3 Å². The van der Waals surface area contributed by atoms with Crippen molar-refractivity contribution < 1.29 is 44.0 Å². The number of phenols is 1. The molecule has 0 saturated carbocycles. The number of rotatable bonds is 10. The van der Waals surface area contributed by atoms with Gasteiger partial charge in [-0.3, -0.25) is 24.4 Å². The van der Waals surface area contributed by atoms with E-state index >= 15 is 0 Å². The topological polar surface area (TPSA) is 319 Å². The molecule has 0 unspecified atom stereocenters. The first-order chi connectivity index (χ1) is 22.0. The van der Waals surface area contributed by atoms with Gasteiger partial charge in [-0.15, -0.1) is 10.2 Å². The number of aromatic nitrogens is 3. The van der Waals surface area contributed by atoms with Gasteiger partial charge in [0.1, 0.15) is 16.3 Å². The van der Waals surface area contributed by atoms with Crippen LogP contribution in [-0.2, 0) is 30.4 Å². The van der Waals surface area contributed by atoms with Crippen LogP contribution in [0.2, 0.25) is 5.28 Å². The molecule has 47 heavy (non-hydrogen) atoms. The smallest absolute Gasteiger partial charge is 0.296 e. The molecule has 0 aliphatic carbocycles. The molecular weight excluding hydrogens is 708 g/mol. The van der Waals surface area contributed by atoms with Gasteiger partial charge in [0.25, 0.3) is 30.4 Å². The fourth-order valence-corrected chi connectivity index (χ4v) is 5.27. The maximum atomic E-state index is 12.0. The van der Waals surface area contributed by atoms with Crippen molar-refractivity contribution in [2.24, 2.45) is 15.3 Å². The Labute approximate surface area is 269 Å². The summed E-state index contributed by atoms with van der Waals surface area (Å²) in [6, 6.07) is 11.1. The van der Waals surface area contributed by atoms with Crippen molar-refractivity contribution in [2.75, 3.05) is 16.1 Å². The van der Waals surface area contributed by atoms with Crippen LogP contribution >= 0.6 is 11.6 Å². The largest absolute Gasteiger partial charge is 0.504 e. The number of halogens is 1. The predicted octanol–water partition coefficient (Wildman–Crippen LogP) is 3.16. The summed E-state index contributed by atoms with van der Waals surface area (Å²) in [5.41, 5.74) is 0.895. The second-order valence-electron chi connectivity index (χ2n) is 8.65. The molecule has 20 nitrogen and oxygen atoms in total. The van der Waals surface area contributed by atoms with Gasteiger partial charge in [0, 0.05) is 5.56 Å². The number of anilines is 4. The van der Waals surface area contributed by atoms with Crippen molar-refractivity contribution in [2.45, 2.75) is 14.7 Å². The van der Waals surface area contributed by atoms with Crippen LogP contribution in [0.25, 0.3) is 0 Å². The van der Waals surface area contributed by atoms with E-state index in [1.54, 1.807) is 12.3 Å². The number of nitrogens with one attached hydrogen (secondary N) is 3. The third kappa shape index (κ3) is 8.89. The van der Waals surface area contributed by atoms with Gasteiger partial charge < -0.3 is 10.4 Å². The maximum Gasteiger partial charge on any atom is 0.296 e. The summed E-state index contributed by atoms with van der Waals surface area (Å²) in [6.45, 7) is 0. The maximum absolute atomic E-state index is 12.0. The summed E-state index contributed by atoms with van der Waals surface area (Å²) < 4.78 is 99.7. The Morgan fingerprint density at radius 1 is 0.809 bits per heavy atom. The molecule has 0 radical (unpaired) electrons. The Hall–Kier alpha value is -5.35. The molecule has 1 aromatic heterocycles. The van der Waals surface area contributed by atoms with Gasteiger partial charge in [0.15, 0.2) is 11.9 Å². The van der Waals surface area contributed by atoms with Crippen LogP contribution in [0.4, 0.5) is 29.0 Å². The van der Waals surface area contributed by atoms with Crippen molar-refractivity contribution in [1.82, 2.24) is 15.0 Å². The monoisotopic (exact) mass is 724 g/mol. The minimum atomic E-state index is -4.98. The molecule has 0 aliphatic heterocycles. The van der Waals surface area contributed by atoms with E-state index in [1.165, 1.54) is 24.3 Å². The molecule has 4 rings (SSSR count). The van der Waals surface area contributed by atoms with E-state index in [9.17, 15) is 44.0 Å². The summed E-state index contributed by atoms with van der Waals surface area (Å²) >= 11 is 5.82. The van der Waals surface area contributed by atoms with Crippen molar-refractivity contribution in [3.05, 3.63) is 71.5 Å². The van der Waals surface area contributed by atoms with Gasteiger partial charge in [0.05, 0.1) is 15.5 Å². The molecule has 3 aromatic carbocycles. The second kappa shape index (κ2) is 13.6. The number of hydrogen-bond acceptors (Lipinski definition) is 16. The predicted molar refractivity (Wildman–Crippen MR) is 162 cm³/mol. The fourth-order valence-electron chi connectivity index (χ4n) is 3.47. The van der Waals surface area contributed by atoms with E-state index in [2.05, 4.69) is 46.3 Å². The van der Waals surface area contributed by atoms with Crippen molar-refractivity contribution in [1.29, 1.82) is 5.26 Å². The molecule has 0 aliphatic rings. The third-order valence-electron chi connectivity index (χ3n) is 5.48. The summed E-state index contributed by atoms with van der Waals surface area (Å²) in [6.07, 6.45) is 1.56. The molecule has 24 heteroatoms. The first kappa shape index (κ1) is 34.5. The number of nitriles is 1. The van der Waals surface area contributed by atoms with Crippen LogP contribution < -0.4 is 16.1 Å². The lowest BCUT2D eigenvalue weighted by molar-refractivity contribution is 0.475. The Bertz CT molecular complexity index is 2300. The molecule has 0 atom stereocenters. The zero-order valence-corrected chi connectivity index (χ0v) is 26.0. The van der Waals surface area contributed by atoms with Crippen molar-refractivity contribution >= 4 is 76.7 Å². The first-order valence-electron chi connectivity index (χ1n) is 12.0. The highest BCUT2D eigenvalue weighted by molar-refractivity contribution is 7.86. The molecule has 244 valence electrons. The second-order valence-corrected chi connectivity index (χ2v) is 13.2. The number of hydrogen-bond donors (Lipinski definition) is 7.